The Kier molecular flexibility index (Phi) is 4.48. The highest BCUT2D eigenvalue weighted by Crippen LogP contribution is 2.33. The molecule has 1 amide bonds. The molecule has 2 aliphatic rings. The van der Waals surface area contributed by atoms with Crippen LogP contribution in [0.3, 0.4) is 0 Å². The molecule has 5 heteroatoms. The number of halogens is 1. The van der Waals surface area contributed by atoms with E-state index in [-0.39, 0.29) is 5.91 Å². The first-order valence-electron chi connectivity index (χ1n) is 7.67. The third-order valence-electron chi connectivity index (χ3n) is 4.59. The quantitative estimate of drug-likeness (QED) is 0.893. The molecule has 4 nitrogen and oxygen atoms in total. The molecule has 1 aliphatic heterocycles. The standard InChI is InChI=1S/C16H22ClN3O/c17-12-2-3-14-11(9-12)1-4-15(14)19-13-5-7-20(8-6-13)10-16(18)21/h2-3,9,13,15,19H,1,4-8,10H2,(H2,18,21). The molecule has 1 aliphatic carbocycles. The van der Waals surface area contributed by atoms with E-state index in [1.165, 1.54) is 11.1 Å². The first-order chi connectivity index (χ1) is 10.1. The van der Waals surface area contributed by atoms with Crippen molar-refractivity contribution in [3.8, 4) is 0 Å². The zero-order valence-electron chi connectivity index (χ0n) is 12.1. The van der Waals surface area contributed by atoms with E-state index in [2.05, 4.69) is 22.3 Å². The Morgan fingerprint density at radius 1 is 1.33 bits per heavy atom. The van der Waals surface area contributed by atoms with Crippen molar-refractivity contribution < 1.29 is 4.79 Å². The van der Waals surface area contributed by atoms with E-state index in [9.17, 15) is 4.79 Å². The second kappa shape index (κ2) is 6.34. The summed E-state index contributed by atoms with van der Waals surface area (Å²) < 4.78 is 0. The van der Waals surface area contributed by atoms with Gasteiger partial charge in [0.25, 0.3) is 0 Å². The Bertz CT molecular complexity index is 526. The fourth-order valence-corrected chi connectivity index (χ4v) is 3.72. The van der Waals surface area contributed by atoms with Gasteiger partial charge in [-0.2, -0.15) is 0 Å². The second-order valence-electron chi connectivity index (χ2n) is 6.12. The zero-order valence-corrected chi connectivity index (χ0v) is 12.9. The molecule has 3 rings (SSSR count). The van der Waals surface area contributed by atoms with Crippen molar-refractivity contribution >= 4 is 17.5 Å². The Balaban J connectivity index is 1.54. The highest BCUT2D eigenvalue weighted by molar-refractivity contribution is 6.30. The van der Waals surface area contributed by atoms with Gasteiger partial charge in [-0.05, 0) is 48.9 Å². The largest absolute Gasteiger partial charge is 0.369 e. The molecule has 1 saturated heterocycles. The number of primary amides is 1. The van der Waals surface area contributed by atoms with Crippen molar-refractivity contribution in [3.63, 3.8) is 0 Å². The molecule has 1 aromatic carbocycles. The summed E-state index contributed by atoms with van der Waals surface area (Å²) in [5, 5.41) is 4.61. The van der Waals surface area contributed by atoms with Crippen molar-refractivity contribution in [1.82, 2.24) is 10.2 Å². The van der Waals surface area contributed by atoms with E-state index in [1.54, 1.807) is 0 Å². The van der Waals surface area contributed by atoms with Crippen LogP contribution < -0.4 is 11.1 Å². The zero-order chi connectivity index (χ0) is 14.8. The van der Waals surface area contributed by atoms with Crippen molar-refractivity contribution in [1.29, 1.82) is 0 Å². The van der Waals surface area contributed by atoms with Gasteiger partial charge in [-0.15, -0.1) is 0 Å². The van der Waals surface area contributed by atoms with Crippen molar-refractivity contribution in [2.75, 3.05) is 19.6 Å². The van der Waals surface area contributed by atoms with Crippen LogP contribution in [0, 0.1) is 0 Å². The molecule has 0 spiro atoms. The summed E-state index contributed by atoms with van der Waals surface area (Å²) in [6, 6.07) is 7.21. The van der Waals surface area contributed by atoms with E-state index < -0.39 is 0 Å². The number of fused-ring (bicyclic) bond motifs is 1. The maximum atomic E-state index is 10.9. The third-order valence-corrected chi connectivity index (χ3v) is 4.82. The summed E-state index contributed by atoms with van der Waals surface area (Å²) in [5.41, 5.74) is 8.03. The minimum absolute atomic E-state index is 0.233. The van der Waals surface area contributed by atoms with E-state index >= 15 is 0 Å². The molecule has 1 fully saturated rings. The monoisotopic (exact) mass is 307 g/mol. The van der Waals surface area contributed by atoms with Gasteiger partial charge in [-0.3, -0.25) is 9.69 Å². The summed E-state index contributed by atoms with van der Waals surface area (Å²) in [5.74, 6) is -0.233. The molecule has 1 heterocycles. The number of carbonyl (C=O) groups is 1. The van der Waals surface area contributed by atoms with E-state index in [0.717, 1.165) is 43.8 Å². The maximum Gasteiger partial charge on any atom is 0.231 e. The SMILES string of the molecule is NC(=O)CN1CCC(NC2CCc3cc(Cl)ccc32)CC1. The van der Waals surface area contributed by atoms with Gasteiger partial charge in [0.05, 0.1) is 6.54 Å². The number of hydrogen-bond acceptors (Lipinski definition) is 3. The van der Waals surface area contributed by atoms with Crippen LogP contribution in [0.15, 0.2) is 18.2 Å². The first-order valence-corrected chi connectivity index (χ1v) is 8.04. The molecule has 1 aromatic rings. The van der Waals surface area contributed by atoms with Crippen molar-refractivity contribution in [2.24, 2.45) is 5.73 Å². The van der Waals surface area contributed by atoms with Crippen LogP contribution in [0.1, 0.15) is 36.4 Å². The smallest absolute Gasteiger partial charge is 0.231 e. The minimum atomic E-state index is -0.233. The fraction of sp³-hybridized carbons (Fsp3) is 0.562. The van der Waals surface area contributed by atoms with Crippen molar-refractivity contribution in [3.05, 3.63) is 34.3 Å². The lowest BCUT2D eigenvalue weighted by atomic mass is 10.0. The summed E-state index contributed by atoms with van der Waals surface area (Å²) in [4.78, 5) is 13.1. The first kappa shape index (κ1) is 14.8. The number of aryl methyl sites for hydroxylation is 1. The fourth-order valence-electron chi connectivity index (χ4n) is 3.52. The topological polar surface area (TPSA) is 58.4 Å². The van der Waals surface area contributed by atoms with Crippen molar-refractivity contribution in [2.45, 2.75) is 37.8 Å². The number of nitrogens with zero attached hydrogens (tertiary/aromatic N) is 1. The van der Waals surface area contributed by atoms with Gasteiger partial charge >= 0.3 is 0 Å². The van der Waals surface area contributed by atoms with Crippen LogP contribution in [-0.2, 0) is 11.2 Å². The Morgan fingerprint density at radius 2 is 2.10 bits per heavy atom. The number of carbonyl (C=O) groups excluding carboxylic acids is 1. The highest BCUT2D eigenvalue weighted by atomic mass is 35.5. The molecule has 0 aromatic heterocycles. The molecule has 21 heavy (non-hydrogen) atoms. The average molecular weight is 308 g/mol. The number of nitrogens with one attached hydrogen (secondary N) is 1. The van der Waals surface area contributed by atoms with Gasteiger partial charge in [0, 0.05) is 30.2 Å². The van der Waals surface area contributed by atoms with Gasteiger partial charge < -0.3 is 11.1 Å². The van der Waals surface area contributed by atoms with Crippen LogP contribution in [-0.4, -0.2) is 36.5 Å². The molecule has 1 unspecified atom stereocenters. The molecule has 114 valence electrons. The van der Waals surface area contributed by atoms with Gasteiger partial charge in [-0.1, -0.05) is 17.7 Å². The van der Waals surface area contributed by atoms with Gasteiger partial charge in [0.1, 0.15) is 0 Å². The lowest BCUT2D eigenvalue weighted by Crippen LogP contribution is -2.45. The summed E-state index contributed by atoms with van der Waals surface area (Å²) in [7, 11) is 0. The number of rotatable bonds is 4. The van der Waals surface area contributed by atoms with E-state index in [4.69, 9.17) is 17.3 Å². The average Bonchev–Trinajstić information content (AvgIpc) is 2.83. The van der Waals surface area contributed by atoms with Gasteiger partial charge in [-0.25, -0.2) is 0 Å². The second-order valence-corrected chi connectivity index (χ2v) is 6.55. The maximum absolute atomic E-state index is 10.9. The summed E-state index contributed by atoms with van der Waals surface area (Å²) in [6.07, 6.45) is 4.41. The lowest BCUT2D eigenvalue weighted by Gasteiger charge is -2.33. The van der Waals surface area contributed by atoms with Crippen LogP contribution >= 0.6 is 11.6 Å². The molecule has 1 atom stereocenters. The molecular formula is C16H22ClN3O. The van der Waals surface area contributed by atoms with Gasteiger partial charge in [0.2, 0.25) is 5.91 Å². The number of nitrogens with two attached hydrogens (primary N) is 1. The predicted molar refractivity (Wildman–Crippen MR) is 84.3 cm³/mol. The molecule has 0 radical (unpaired) electrons. The van der Waals surface area contributed by atoms with Crippen LogP contribution in [0.2, 0.25) is 5.02 Å². The molecule has 3 N–H and O–H groups in total. The van der Waals surface area contributed by atoms with Gasteiger partial charge in [0.15, 0.2) is 0 Å². The summed E-state index contributed by atoms with van der Waals surface area (Å²) >= 11 is 6.06. The number of piperidine rings is 1. The minimum Gasteiger partial charge on any atom is -0.369 e. The highest BCUT2D eigenvalue weighted by Gasteiger charge is 2.27. The number of hydrogen-bond donors (Lipinski definition) is 2. The number of likely N-dealkylation sites (tertiary alicyclic amines) is 1. The Labute approximate surface area is 130 Å². The lowest BCUT2D eigenvalue weighted by molar-refractivity contribution is -0.119. The van der Waals surface area contributed by atoms with Crippen LogP contribution in [0.25, 0.3) is 0 Å². The third kappa shape index (κ3) is 3.57. The normalized spacial score (nSPS) is 23.2. The van der Waals surface area contributed by atoms with Crippen LogP contribution in [0.5, 0.6) is 0 Å². The number of benzene rings is 1. The van der Waals surface area contributed by atoms with E-state index in [1.807, 2.05) is 6.07 Å². The Hall–Kier alpha value is -1.10. The molecular weight excluding hydrogens is 286 g/mol. The Morgan fingerprint density at radius 3 is 2.81 bits per heavy atom. The molecule has 0 bridgehead atoms. The predicted octanol–water partition coefficient (Wildman–Crippen LogP) is 1.87. The van der Waals surface area contributed by atoms with Crippen LogP contribution in [0.4, 0.5) is 0 Å². The number of amides is 1. The summed E-state index contributed by atoms with van der Waals surface area (Å²) in [6.45, 7) is 2.28. The van der Waals surface area contributed by atoms with E-state index in [0.29, 0.717) is 18.6 Å². The molecule has 0 saturated carbocycles.